The number of carbonyl (C=O) groups excluding carboxylic acids is 1. The third kappa shape index (κ3) is 6.39. The lowest BCUT2D eigenvalue weighted by atomic mass is 10.2. The van der Waals surface area contributed by atoms with Crippen molar-refractivity contribution < 1.29 is 4.79 Å². The summed E-state index contributed by atoms with van der Waals surface area (Å²) in [6, 6.07) is 15.5. The largest absolute Gasteiger partial charge is 0.357 e. The first-order valence-corrected chi connectivity index (χ1v) is 10.4. The van der Waals surface area contributed by atoms with Crippen molar-refractivity contribution in [3.8, 4) is 0 Å². The van der Waals surface area contributed by atoms with Crippen molar-refractivity contribution in [3.05, 3.63) is 64.7 Å². The number of rotatable bonds is 6. The first-order chi connectivity index (χ1) is 14.2. The minimum atomic E-state index is -0.0297. The van der Waals surface area contributed by atoms with Crippen LogP contribution in [0.15, 0.2) is 53.5 Å². The first-order valence-electron chi connectivity index (χ1n) is 10.1. The Kier molecular flexibility index (Phi) is 7.76. The highest BCUT2D eigenvalue weighted by molar-refractivity contribution is 6.31. The van der Waals surface area contributed by atoms with E-state index in [4.69, 9.17) is 11.6 Å². The van der Waals surface area contributed by atoms with Crippen molar-refractivity contribution in [2.45, 2.75) is 32.9 Å². The summed E-state index contributed by atoms with van der Waals surface area (Å²) < 4.78 is 0. The minimum Gasteiger partial charge on any atom is -0.357 e. The zero-order valence-electron chi connectivity index (χ0n) is 16.7. The van der Waals surface area contributed by atoms with E-state index in [2.05, 4.69) is 20.9 Å². The summed E-state index contributed by atoms with van der Waals surface area (Å²) in [4.78, 5) is 18.8. The molecule has 29 heavy (non-hydrogen) atoms. The Morgan fingerprint density at radius 2 is 1.90 bits per heavy atom. The maximum Gasteiger partial charge on any atom is 0.321 e. The summed E-state index contributed by atoms with van der Waals surface area (Å²) in [6.07, 6.45) is 2.16. The fourth-order valence-electron chi connectivity index (χ4n) is 3.20. The molecule has 0 aliphatic carbocycles. The van der Waals surface area contributed by atoms with Crippen molar-refractivity contribution in [1.82, 2.24) is 15.5 Å². The quantitative estimate of drug-likeness (QED) is 0.490. The number of urea groups is 1. The van der Waals surface area contributed by atoms with Gasteiger partial charge in [-0.15, -0.1) is 0 Å². The molecule has 0 bridgehead atoms. The highest BCUT2D eigenvalue weighted by Gasteiger charge is 2.17. The van der Waals surface area contributed by atoms with Gasteiger partial charge in [0.25, 0.3) is 0 Å². The van der Waals surface area contributed by atoms with Gasteiger partial charge in [0.2, 0.25) is 0 Å². The van der Waals surface area contributed by atoms with E-state index in [1.165, 1.54) is 0 Å². The van der Waals surface area contributed by atoms with E-state index >= 15 is 0 Å². The van der Waals surface area contributed by atoms with Crippen LogP contribution in [-0.4, -0.2) is 36.5 Å². The van der Waals surface area contributed by atoms with Crippen LogP contribution >= 0.6 is 11.6 Å². The molecule has 0 atom stereocenters. The van der Waals surface area contributed by atoms with Crippen molar-refractivity contribution >= 4 is 29.3 Å². The van der Waals surface area contributed by atoms with Crippen LogP contribution in [0, 0.1) is 0 Å². The molecule has 1 aliphatic heterocycles. The Morgan fingerprint density at radius 1 is 1.10 bits per heavy atom. The van der Waals surface area contributed by atoms with E-state index in [9.17, 15) is 4.79 Å². The highest BCUT2D eigenvalue weighted by atomic mass is 35.5. The topological polar surface area (TPSA) is 68.8 Å². The number of guanidine groups is 1. The minimum absolute atomic E-state index is 0.0297. The molecular formula is C22H28ClN5O. The molecule has 1 saturated heterocycles. The maximum absolute atomic E-state index is 12.3. The number of hydrogen-bond donors (Lipinski definition) is 3. The number of hydrogen-bond acceptors (Lipinski definition) is 2. The van der Waals surface area contributed by atoms with Crippen molar-refractivity contribution in [1.29, 1.82) is 0 Å². The van der Waals surface area contributed by atoms with Gasteiger partial charge in [-0.1, -0.05) is 41.9 Å². The van der Waals surface area contributed by atoms with Crippen LogP contribution < -0.4 is 16.0 Å². The SMILES string of the molecule is CCNC(=NCc1cccc(NC(=O)N2CCCC2)c1)NCc1ccccc1Cl. The van der Waals surface area contributed by atoms with E-state index < -0.39 is 0 Å². The molecule has 0 aromatic heterocycles. The third-order valence-electron chi connectivity index (χ3n) is 4.74. The number of aliphatic imine (C=N–C) groups is 1. The van der Waals surface area contributed by atoms with E-state index in [-0.39, 0.29) is 6.03 Å². The van der Waals surface area contributed by atoms with Crippen LogP contribution in [0.25, 0.3) is 0 Å². The number of likely N-dealkylation sites (tertiary alicyclic amines) is 1. The summed E-state index contributed by atoms with van der Waals surface area (Å²) >= 11 is 6.23. The number of anilines is 1. The molecule has 3 N–H and O–H groups in total. The highest BCUT2D eigenvalue weighted by Crippen LogP contribution is 2.16. The molecule has 2 aromatic rings. The number of halogens is 1. The number of amides is 2. The summed E-state index contributed by atoms with van der Waals surface area (Å²) in [5, 5.41) is 10.3. The molecule has 0 saturated carbocycles. The molecule has 154 valence electrons. The standard InChI is InChI=1S/C22H28ClN5O/c1-2-24-21(26-16-18-9-3-4-11-20(18)23)25-15-17-8-7-10-19(14-17)27-22(29)28-12-5-6-13-28/h3-4,7-11,14H,2,5-6,12-13,15-16H2,1H3,(H,27,29)(H2,24,25,26). The Bertz CT molecular complexity index is 849. The molecule has 3 rings (SSSR count). The van der Waals surface area contributed by atoms with Crippen LogP contribution in [0.2, 0.25) is 5.02 Å². The van der Waals surface area contributed by atoms with Crippen molar-refractivity contribution in [2.24, 2.45) is 4.99 Å². The summed E-state index contributed by atoms with van der Waals surface area (Å²) in [7, 11) is 0. The number of nitrogens with one attached hydrogen (secondary N) is 3. The normalized spacial score (nSPS) is 14.0. The molecule has 0 spiro atoms. The molecule has 7 heteroatoms. The third-order valence-corrected chi connectivity index (χ3v) is 5.11. The molecule has 2 amide bonds. The van der Waals surface area contributed by atoms with Crippen LogP contribution in [0.5, 0.6) is 0 Å². The molecule has 1 heterocycles. The van der Waals surface area contributed by atoms with Gasteiger partial charge in [-0.25, -0.2) is 9.79 Å². The van der Waals surface area contributed by atoms with Crippen molar-refractivity contribution in [2.75, 3.05) is 25.0 Å². The van der Waals surface area contributed by atoms with E-state index in [1.54, 1.807) is 0 Å². The van der Waals surface area contributed by atoms with Gasteiger partial charge in [0.15, 0.2) is 5.96 Å². The lowest BCUT2D eigenvalue weighted by molar-refractivity contribution is 0.222. The smallest absolute Gasteiger partial charge is 0.321 e. The number of nitrogens with zero attached hydrogens (tertiary/aromatic N) is 2. The van der Waals surface area contributed by atoms with Gasteiger partial charge in [0, 0.05) is 36.9 Å². The van der Waals surface area contributed by atoms with Gasteiger partial charge in [-0.05, 0) is 49.1 Å². The predicted octanol–water partition coefficient (Wildman–Crippen LogP) is 4.22. The predicted molar refractivity (Wildman–Crippen MR) is 119 cm³/mol. The van der Waals surface area contributed by atoms with Gasteiger partial charge in [-0.3, -0.25) is 0 Å². The number of carbonyl (C=O) groups is 1. The molecule has 0 radical (unpaired) electrons. The Morgan fingerprint density at radius 3 is 2.66 bits per heavy atom. The second-order valence-electron chi connectivity index (χ2n) is 6.96. The van der Waals surface area contributed by atoms with Crippen LogP contribution in [0.1, 0.15) is 30.9 Å². The van der Waals surface area contributed by atoms with Gasteiger partial charge in [0.05, 0.1) is 6.54 Å². The molecule has 2 aromatic carbocycles. The van der Waals surface area contributed by atoms with Gasteiger partial charge < -0.3 is 20.9 Å². The van der Waals surface area contributed by atoms with Gasteiger partial charge in [0.1, 0.15) is 0 Å². The van der Waals surface area contributed by atoms with E-state index in [0.29, 0.717) is 13.1 Å². The zero-order valence-corrected chi connectivity index (χ0v) is 17.5. The Balaban J connectivity index is 1.59. The molecule has 6 nitrogen and oxygen atoms in total. The summed E-state index contributed by atoms with van der Waals surface area (Å²) in [5.74, 6) is 0.721. The lowest BCUT2D eigenvalue weighted by Crippen LogP contribution is -2.36. The van der Waals surface area contributed by atoms with Crippen LogP contribution in [0.4, 0.5) is 10.5 Å². The van der Waals surface area contributed by atoms with Crippen LogP contribution in [-0.2, 0) is 13.1 Å². The van der Waals surface area contributed by atoms with Gasteiger partial charge in [-0.2, -0.15) is 0 Å². The Hall–Kier alpha value is -2.73. The van der Waals surface area contributed by atoms with Crippen LogP contribution in [0.3, 0.4) is 0 Å². The summed E-state index contributed by atoms with van der Waals surface area (Å²) in [6.45, 7) is 5.56. The fraction of sp³-hybridized carbons (Fsp3) is 0.364. The summed E-state index contributed by atoms with van der Waals surface area (Å²) in [5.41, 5.74) is 2.84. The maximum atomic E-state index is 12.3. The first kappa shape index (κ1) is 21.0. The fourth-order valence-corrected chi connectivity index (χ4v) is 3.41. The van der Waals surface area contributed by atoms with Gasteiger partial charge >= 0.3 is 6.03 Å². The van der Waals surface area contributed by atoms with Crippen molar-refractivity contribution in [3.63, 3.8) is 0 Å². The monoisotopic (exact) mass is 413 g/mol. The molecule has 1 aliphatic rings. The zero-order chi connectivity index (χ0) is 20.5. The average Bonchev–Trinajstić information content (AvgIpc) is 3.26. The Labute approximate surface area is 177 Å². The molecule has 1 fully saturated rings. The number of benzene rings is 2. The average molecular weight is 414 g/mol. The lowest BCUT2D eigenvalue weighted by Gasteiger charge is -2.16. The van der Waals surface area contributed by atoms with E-state index in [0.717, 1.165) is 60.3 Å². The molecule has 0 unspecified atom stereocenters. The molecular weight excluding hydrogens is 386 g/mol. The second kappa shape index (κ2) is 10.7. The second-order valence-corrected chi connectivity index (χ2v) is 7.37. The van der Waals surface area contributed by atoms with E-state index in [1.807, 2.05) is 60.4 Å².